The van der Waals surface area contributed by atoms with Crippen LogP contribution in [-0.2, 0) is 0 Å². The molecule has 0 heterocycles. The Kier molecular flexibility index (Phi) is 8.13. The van der Waals surface area contributed by atoms with Crippen LogP contribution in [0.3, 0.4) is 0 Å². The third-order valence-corrected chi connectivity index (χ3v) is 6.31. The molecule has 0 aliphatic carbocycles. The quantitative estimate of drug-likeness (QED) is 0.368. The zero-order valence-corrected chi connectivity index (χ0v) is 15.2. The molecule has 2 unspecified atom stereocenters. The number of rotatable bonds is 9. The van der Waals surface area contributed by atoms with Gasteiger partial charge in [0.2, 0.25) is 0 Å². The Morgan fingerprint density at radius 1 is 0.870 bits per heavy atom. The van der Waals surface area contributed by atoms with Gasteiger partial charge in [-0.2, -0.15) is 0 Å². The van der Waals surface area contributed by atoms with Crippen LogP contribution in [-0.4, -0.2) is 11.5 Å². The highest BCUT2D eigenvalue weighted by Gasteiger charge is 2.10. The zero-order valence-electron chi connectivity index (χ0n) is 13.6. The van der Waals surface area contributed by atoms with Crippen LogP contribution in [0.2, 0.25) is 0 Å². The van der Waals surface area contributed by atoms with Crippen molar-refractivity contribution >= 4 is 23.5 Å². The van der Waals surface area contributed by atoms with Gasteiger partial charge in [0.05, 0.1) is 4.58 Å². The molecular formula is C21H24S2. The summed E-state index contributed by atoms with van der Waals surface area (Å²) in [6, 6.07) is 21.4. The molecule has 2 aromatic rings. The number of benzene rings is 2. The molecule has 0 nitrogen and oxygen atoms in total. The maximum absolute atomic E-state index is 3.84. The lowest BCUT2D eigenvalue weighted by atomic mass is 10.0. The minimum atomic E-state index is 0.464. The summed E-state index contributed by atoms with van der Waals surface area (Å²) in [4.78, 5) is 0. The molecule has 120 valence electrons. The third-order valence-electron chi connectivity index (χ3n) is 3.53. The average Bonchev–Trinajstić information content (AvgIpc) is 2.62. The van der Waals surface area contributed by atoms with E-state index >= 15 is 0 Å². The summed E-state index contributed by atoms with van der Waals surface area (Å²) in [5, 5.41) is 0. The first-order valence-corrected chi connectivity index (χ1v) is 10.0. The molecule has 0 amide bonds. The summed E-state index contributed by atoms with van der Waals surface area (Å²) in [6.07, 6.45) is 6.59. The highest BCUT2D eigenvalue weighted by molar-refractivity contribution is 8.16. The average molecular weight is 341 g/mol. The van der Waals surface area contributed by atoms with Gasteiger partial charge in [0, 0.05) is 11.5 Å². The fourth-order valence-electron chi connectivity index (χ4n) is 2.28. The Bertz CT molecular complexity index is 590. The van der Waals surface area contributed by atoms with Crippen molar-refractivity contribution in [3.05, 3.63) is 96.6 Å². The minimum absolute atomic E-state index is 0.464. The molecule has 0 aromatic heterocycles. The van der Waals surface area contributed by atoms with Crippen LogP contribution in [0.25, 0.3) is 0 Å². The Hall–Kier alpha value is -1.38. The van der Waals surface area contributed by atoms with Crippen LogP contribution in [0.5, 0.6) is 0 Å². The predicted octanol–water partition coefficient (Wildman–Crippen LogP) is 6.70. The molecule has 0 fully saturated rings. The number of hydrogen-bond donors (Lipinski definition) is 0. The lowest BCUT2D eigenvalue weighted by Crippen LogP contribution is -1.92. The zero-order chi connectivity index (χ0) is 16.3. The van der Waals surface area contributed by atoms with Crippen LogP contribution in [0.15, 0.2) is 85.5 Å². The monoisotopic (exact) mass is 340 g/mol. The Morgan fingerprint density at radius 3 is 2.04 bits per heavy atom. The van der Waals surface area contributed by atoms with Crippen molar-refractivity contribution < 1.29 is 0 Å². The van der Waals surface area contributed by atoms with Gasteiger partial charge in [-0.1, -0.05) is 85.8 Å². The van der Waals surface area contributed by atoms with E-state index in [0.717, 1.165) is 11.5 Å². The number of thioether (sulfide) groups is 2. The van der Waals surface area contributed by atoms with E-state index < -0.39 is 0 Å². The minimum Gasteiger partial charge on any atom is -0.139 e. The lowest BCUT2D eigenvalue weighted by molar-refractivity contribution is 0.965. The third kappa shape index (κ3) is 6.32. The predicted molar refractivity (Wildman–Crippen MR) is 108 cm³/mol. The van der Waals surface area contributed by atoms with Crippen LogP contribution in [0.4, 0.5) is 0 Å². The van der Waals surface area contributed by atoms with Crippen LogP contribution in [0, 0.1) is 0 Å². The molecule has 0 spiro atoms. The molecule has 2 aromatic carbocycles. The van der Waals surface area contributed by atoms with Crippen LogP contribution in [0.1, 0.15) is 28.6 Å². The first-order valence-electron chi connectivity index (χ1n) is 7.92. The van der Waals surface area contributed by atoms with E-state index in [2.05, 4.69) is 86.3 Å². The second-order valence-electron chi connectivity index (χ2n) is 5.33. The molecule has 0 saturated heterocycles. The van der Waals surface area contributed by atoms with Crippen molar-refractivity contribution in [3.63, 3.8) is 0 Å². The second kappa shape index (κ2) is 10.4. The molecular weight excluding hydrogens is 316 g/mol. The van der Waals surface area contributed by atoms with Gasteiger partial charge in [-0.3, -0.25) is 0 Å². The standard InChI is InChI=1S/C21H24S2/c1-3-16-22-21(20-14-8-5-9-15-20)23-17-10-11-18(2)19-12-6-4-7-13-19/h3-15,18,21H,1,16-17H2,2H3/b11-10+. The number of hydrogen-bond acceptors (Lipinski definition) is 2. The van der Waals surface area contributed by atoms with Crippen molar-refractivity contribution in [3.8, 4) is 0 Å². The molecule has 0 bridgehead atoms. The van der Waals surface area contributed by atoms with Gasteiger partial charge in [-0.05, 0) is 17.0 Å². The van der Waals surface area contributed by atoms with Gasteiger partial charge >= 0.3 is 0 Å². The normalized spacial score (nSPS) is 13.8. The van der Waals surface area contributed by atoms with Gasteiger partial charge < -0.3 is 0 Å². The van der Waals surface area contributed by atoms with Crippen molar-refractivity contribution in [2.45, 2.75) is 17.4 Å². The Balaban J connectivity index is 1.88. The molecule has 0 aliphatic heterocycles. The topological polar surface area (TPSA) is 0 Å². The Morgan fingerprint density at radius 2 is 1.43 bits per heavy atom. The number of allylic oxidation sites excluding steroid dienone is 1. The largest absolute Gasteiger partial charge is 0.139 e. The summed E-state index contributed by atoms with van der Waals surface area (Å²) < 4.78 is 0.464. The van der Waals surface area contributed by atoms with Crippen molar-refractivity contribution in [1.82, 2.24) is 0 Å². The summed E-state index contributed by atoms with van der Waals surface area (Å²) >= 11 is 3.92. The summed E-state index contributed by atoms with van der Waals surface area (Å²) in [5.74, 6) is 2.48. The van der Waals surface area contributed by atoms with E-state index in [1.54, 1.807) is 0 Å². The van der Waals surface area contributed by atoms with Crippen molar-refractivity contribution in [1.29, 1.82) is 0 Å². The maximum atomic E-state index is 3.84. The molecule has 23 heavy (non-hydrogen) atoms. The summed E-state index contributed by atoms with van der Waals surface area (Å²) in [5.41, 5.74) is 2.75. The van der Waals surface area contributed by atoms with E-state index in [4.69, 9.17) is 0 Å². The fourth-order valence-corrected chi connectivity index (χ4v) is 4.54. The molecule has 0 aliphatic rings. The molecule has 2 heteroatoms. The lowest BCUT2D eigenvalue weighted by Gasteiger charge is -2.15. The smallest absolute Gasteiger partial charge is 0.0757 e. The second-order valence-corrected chi connectivity index (χ2v) is 7.90. The van der Waals surface area contributed by atoms with Gasteiger partial charge in [0.15, 0.2) is 0 Å². The fraction of sp³-hybridized carbons (Fsp3) is 0.238. The van der Waals surface area contributed by atoms with Crippen molar-refractivity contribution in [2.75, 3.05) is 11.5 Å². The SMILES string of the molecule is C=CCSC(SC/C=C/C(C)c1ccccc1)c1ccccc1. The van der Waals surface area contributed by atoms with E-state index in [9.17, 15) is 0 Å². The van der Waals surface area contributed by atoms with Gasteiger partial charge in [0.25, 0.3) is 0 Å². The highest BCUT2D eigenvalue weighted by Crippen LogP contribution is 2.39. The van der Waals surface area contributed by atoms with E-state index in [-0.39, 0.29) is 0 Å². The summed E-state index contributed by atoms with van der Waals surface area (Å²) in [7, 11) is 0. The first-order chi connectivity index (χ1) is 11.3. The van der Waals surface area contributed by atoms with Gasteiger partial charge in [0.1, 0.15) is 0 Å². The van der Waals surface area contributed by atoms with Gasteiger partial charge in [-0.15, -0.1) is 30.1 Å². The van der Waals surface area contributed by atoms with Crippen LogP contribution < -0.4 is 0 Å². The molecule has 2 atom stereocenters. The van der Waals surface area contributed by atoms with E-state index in [1.165, 1.54) is 11.1 Å². The first kappa shape index (κ1) is 18.0. The maximum Gasteiger partial charge on any atom is 0.0757 e. The van der Waals surface area contributed by atoms with Crippen molar-refractivity contribution in [2.24, 2.45) is 0 Å². The van der Waals surface area contributed by atoms with E-state index in [1.807, 2.05) is 29.6 Å². The molecule has 0 saturated carbocycles. The summed E-state index contributed by atoms with van der Waals surface area (Å²) in [6.45, 7) is 6.08. The molecule has 0 N–H and O–H groups in total. The molecule has 2 rings (SSSR count). The van der Waals surface area contributed by atoms with Crippen LogP contribution >= 0.6 is 23.5 Å². The van der Waals surface area contributed by atoms with E-state index in [0.29, 0.717) is 10.5 Å². The highest BCUT2D eigenvalue weighted by atomic mass is 32.2. The van der Waals surface area contributed by atoms with Gasteiger partial charge in [-0.25, -0.2) is 0 Å². The molecule has 0 radical (unpaired) electrons. The Labute approximate surface area is 149 Å².